The fourth-order valence-electron chi connectivity index (χ4n) is 2.31. The Kier molecular flexibility index (Phi) is 3.90. The number of aromatic nitrogens is 2. The van der Waals surface area contributed by atoms with E-state index in [0.29, 0.717) is 25.5 Å². The van der Waals surface area contributed by atoms with Crippen molar-refractivity contribution in [2.75, 3.05) is 30.3 Å². The van der Waals surface area contributed by atoms with Crippen molar-refractivity contribution in [1.29, 1.82) is 0 Å². The molecule has 0 saturated carbocycles. The zero-order valence-corrected chi connectivity index (χ0v) is 12.7. The van der Waals surface area contributed by atoms with Gasteiger partial charge in [0.15, 0.2) is 0 Å². The van der Waals surface area contributed by atoms with Gasteiger partial charge < -0.3 is 15.4 Å². The van der Waals surface area contributed by atoms with Crippen LogP contribution in [0.15, 0.2) is 17.5 Å². The number of morpholine rings is 1. The molecule has 1 fully saturated rings. The van der Waals surface area contributed by atoms with E-state index in [1.165, 1.54) is 6.07 Å². The summed E-state index contributed by atoms with van der Waals surface area (Å²) in [6, 6.07) is 3.00. The van der Waals surface area contributed by atoms with E-state index in [2.05, 4.69) is 9.97 Å². The summed E-state index contributed by atoms with van der Waals surface area (Å²) in [4.78, 5) is 20.9. The molecule has 2 aromatic rings. The summed E-state index contributed by atoms with van der Waals surface area (Å²) in [7, 11) is 0. The highest BCUT2D eigenvalue weighted by Crippen LogP contribution is 2.29. The number of nitrogens with two attached hydrogens (primary N) is 1. The molecule has 1 aliphatic heterocycles. The minimum atomic E-state index is -0.535. The van der Waals surface area contributed by atoms with E-state index in [1.54, 1.807) is 17.4 Å². The Morgan fingerprint density at radius 3 is 2.95 bits per heavy atom. The standard InChI is InChI=1S/C13H15N5O3S/c1-8-7-22-13(15-8)10-6-17(4-5-21-10)11-3-2-9(18(19)20)12(14)16-11/h2-3,7,10H,4-6H2,1H3,(H2,14,16). The molecule has 0 bridgehead atoms. The average molecular weight is 321 g/mol. The second-order valence-corrected chi connectivity index (χ2v) is 5.85. The first-order valence-electron chi connectivity index (χ1n) is 6.74. The molecule has 0 amide bonds. The Morgan fingerprint density at radius 2 is 2.32 bits per heavy atom. The third-order valence-corrected chi connectivity index (χ3v) is 4.44. The third kappa shape index (κ3) is 2.85. The van der Waals surface area contributed by atoms with Crippen LogP contribution in [0.25, 0.3) is 0 Å². The van der Waals surface area contributed by atoms with Gasteiger partial charge in [-0.2, -0.15) is 0 Å². The van der Waals surface area contributed by atoms with Crippen molar-refractivity contribution in [3.63, 3.8) is 0 Å². The number of aryl methyl sites for hydroxylation is 1. The van der Waals surface area contributed by atoms with Gasteiger partial charge in [-0.25, -0.2) is 9.97 Å². The molecule has 0 aliphatic carbocycles. The maximum Gasteiger partial charge on any atom is 0.311 e. The molecule has 1 atom stereocenters. The Bertz CT molecular complexity index is 705. The molecule has 1 saturated heterocycles. The lowest BCUT2D eigenvalue weighted by Crippen LogP contribution is -2.38. The Hall–Kier alpha value is -2.26. The van der Waals surface area contributed by atoms with Crippen molar-refractivity contribution in [2.45, 2.75) is 13.0 Å². The zero-order chi connectivity index (χ0) is 15.7. The lowest BCUT2D eigenvalue weighted by molar-refractivity contribution is -0.384. The highest BCUT2D eigenvalue weighted by atomic mass is 32.1. The van der Waals surface area contributed by atoms with Crippen LogP contribution in [0.5, 0.6) is 0 Å². The van der Waals surface area contributed by atoms with Crippen molar-refractivity contribution in [1.82, 2.24) is 9.97 Å². The number of hydrogen-bond donors (Lipinski definition) is 1. The van der Waals surface area contributed by atoms with Crippen molar-refractivity contribution < 1.29 is 9.66 Å². The number of hydrogen-bond acceptors (Lipinski definition) is 8. The van der Waals surface area contributed by atoms with E-state index >= 15 is 0 Å². The van der Waals surface area contributed by atoms with Crippen molar-refractivity contribution in [3.05, 3.63) is 38.3 Å². The lowest BCUT2D eigenvalue weighted by Gasteiger charge is -2.32. The number of nitro groups is 1. The number of anilines is 2. The maximum atomic E-state index is 10.8. The van der Waals surface area contributed by atoms with Gasteiger partial charge in [0.05, 0.1) is 18.1 Å². The first kappa shape index (κ1) is 14.7. The van der Waals surface area contributed by atoms with Gasteiger partial charge in [0, 0.05) is 23.7 Å². The molecule has 0 spiro atoms. The van der Waals surface area contributed by atoms with E-state index in [0.717, 1.165) is 10.7 Å². The summed E-state index contributed by atoms with van der Waals surface area (Å²) in [6.07, 6.45) is -0.120. The SMILES string of the molecule is Cc1csc(C2CN(c3ccc([N+](=O)[O-])c(N)n3)CCO2)n1. The Morgan fingerprint density at radius 1 is 1.50 bits per heavy atom. The molecule has 3 heterocycles. The molecule has 116 valence electrons. The number of nitrogen functional groups attached to an aromatic ring is 1. The molecule has 1 unspecified atom stereocenters. The number of pyridine rings is 1. The monoisotopic (exact) mass is 321 g/mol. The number of ether oxygens (including phenoxy) is 1. The molecular formula is C13H15N5O3S. The van der Waals surface area contributed by atoms with Crippen LogP contribution < -0.4 is 10.6 Å². The minimum absolute atomic E-state index is 0.0735. The van der Waals surface area contributed by atoms with E-state index in [4.69, 9.17) is 10.5 Å². The summed E-state index contributed by atoms with van der Waals surface area (Å²) >= 11 is 1.57. The fraction of sp³-hybridized carbons (Fsp3) is 0.385. The molecule has 22 heavy (non-hydrogen) atoms. The van der Waals surface area contributed by atoms with Crippen molar-refractivity contribution in [2.24, 2.45) is 0 Å². The summed E-state index contributed by atoms with van der Waals surface area (Å²) in [6.45, 7) is 3.74. The average Bonchev–Trinajstić information content (AvgIpc) is 2.93. The largest absolute Gasteiger partial charge is 0.378 e. The van der Waals surface area contributed by atoms with Gasteiger partial charge in [-0.1, -0.05) is 0 Å². The quantitative estimate of drug-likeness (QED) is 0.679. The van der Waals surface area contributed by atoms with E-state index in [9.17, 15) is 10.1 Å². The predicted octanol–water partition coefficient (Wildman–Crippen LogP) is 1.91. The number of nitrogens with zero attached hydrogens (tertiary/aromatic N) is 4. The molecule has 9 heteroatoms. The van der Waals surface area contributed by atoms with Gasteiger partial charge in [-0.3, -0.25) is 10.1 Å². The molecular weight excluding hydrogens is 306 g/mol. The van der Waals surface area contributed by atoms with Crippen LogP contribution in [0.3, 0.4) is 0 Å². The highest BCUT2D eigenvalue weighted by Gasteiger charge is 2.26. The normalized spacial score (nSPS) is 18.4. The highest BCUT2D eigenvalue weighted by molar-refractivity contribution is 7.09. The zero-order valence-electron chi connectivity index (χ0n) is 11.9. The fourth-order valence-corrected chi connectivity index (χ4v) is 3.15. The van der Waals surface area contributed by atoms with Gasteiger partial charge in [-0.15, -0.1) is 11.3 Å². The van der Waals surface area contributed by atoms with E-state index < -0.39 is 4.92 Å². The first-order valence-corrected chi connectivity index (χ1v) is 7.62. The van der Waals surface area contributed by atoms with Crippen LogP contribution in [0.1, 0.15) is 16.8 Å². The van der Waals surface area contributed by atoms with Gasteiger partial charge >= 0.3 is 5.69 Å². The van der Waals surface area contributed by atoms with Crippen LogP contribution in [0, 0.1) is 17.0 Å². The van der Waals surface area contributed by atoms with Crippen LogP contribution in [-0.4, -0.2) is 34.6 Å². The molecule has 0 aromatic carbocycles. The van der Waals surface area contributed by atoms with Crippen LogP contribution in [0.4, 0.5) is 17.3 Å². The molecule has 8 nitrogen and oxygen atoms in total. The van der Waals surface area contributed by atoms with Crippen molar-refractivity contribution >= 4 is 28.7 Å². The Balaban J connectivity index is 1.80. The van der Waals surface area contributed by atoms with Gasteiger partial charge in [0.2, 0.25) is 5.82 Å². The maximum absolute atomic E-state index is 10.8. The minimum Gasteiger partial charge on any atom is -0.378 e. The van der Waals surface area contributed by atoms with Gasteiger partial charge in [-0.05, 0) is 13.0 Å². The van der Waals surface area contributed by atoms with Crippen LogP contribution in [0.2, 0.25) is 0 Å². The van der Waals surface area contributed by atoms with Gasteiger partial charge in [0.25, 0.3) is 0 Å². The number of thiazole rings is 1. The van der Waals surface area contributed by atoms with E-state index in [1.807, 2.05) is 17.2 Å². The summed E-state index contributed by atoms with van der Waals surface area (Å²) < 4.78 is 5.76. The topological polar surface area (TPSA) is 107 Å². The summed E-state index contributed by atoms with van der Waals surface area (Å²) in [5.41, 5.74) is 6.45. The first-order chi connectivity index (χ1) is 10.5. The smallest absolute Gasteiger partial charge is 0.311 e. The van der Waals surface area contributed by atoms with Gasteiger partial charge in [0.1, 0.15) is 16.9 Å². The molecule has 3 rings (SSSR count). The van der Waals surface area contributed by atoms with Crippen LogP contribution in [-0.2, 0) is 4.74 Å². The summed E-state index contributed by atoms with van der Waals surface area (Å²) in [5, 5.41) is 13.7. The number of rotatable bonds is 3. The lowest BCUT2D eigenvalue weighted by atomic mass is 10.2. The second kappa shape index (κ2) is 5.85. The third-order valence-electron chi connectivity index (χ3n) is 3.39. The Labute approximate surface area is 130 Å². The summed E-state index contributed by atoms with van der Waals surface area (Å²) in [5.74, 6) is 0.542. The van der Waals surface area contributed by atoms with Crippen molar-refractivity contribution in [3.8, 4) is 0 Å². The molecule has 0 radical (unpaired) electrons. The van der Waals surface area contributed by atoms with E-state index in [-0.39, 0.29) is 17.6 Å². The molecule has 2 aromatic heterocycles. The molecule has 2 N–H and O–H groups in total. The predicted molar refractivity (Wildman–Crippen MR) is 83.1 cm³/mol. The van der Waals surface area contributed by atoms with Crippen LogP contribution >= 0.6 is 11.3 Å². The molecule has 1 aliphatic rings. The second-order valence-electron chi connectivity index (χ2n) is 4.96.